The Morgan fingerprint density at radius 3 is 2.69 bits per heavy atom. The van der Waals surface area contributed by atoms with Crippen LogP contribution in [0.4, 0.5) is 0 Å². The Morgan fingerprint density at radius 2 is 2.06 bits per heavy atom. The molecule has 1 aromatic heterocycles. The zero-order valence-corrected chi connectivity index (χ0v) is 10.8. The lowest BCUT2D eigenvalue weighted by Gasteiger charge is -2.07. The van der Waals surface area contributed by atoms with Crippen molar-refractivity contribution in [2.24, 2.45) is 0 Å². The van der Waals surface area contributed by atoms with Gasteiger partial charge >= 0.3 is 0 Å². The molecule has 0 radical (unpaired) electrons. The fourth-order valence-electron chi connectivity index (χ4n) is 1.51. The molecule has 0 aliphatic rings. The van der Waals surface area contributed by atoms with Gasteiger partial charge in [0.1, 0.15) is 5.76 Å². The molecule has 2 aromatic rings. The molecule has 1 aromatic carbocycles. The van der Waals surface area contributed by atoms with Crippen LogP contribution in [0.1, 0.15) is 16.1 Å². The summed E-state index contributed by atoms with van der Waals surface area (Å²) in [6.07, 6.45) is 0.678. The van der Waals surface area contributed by atoms with Gasteiger partial charge in [-0.3, -0.25) is 4.79 Å². The van der Waals surface area contributed by atoms with Crippen molar-refractivity contribution in [2.75, 3.05) is 0 Å². The highest BCUT2D eigenvalue weighted by Crippen LogP contribution is 2.35. The van der Waals surface area contributed by atoms with Crippen molar-refractivity contribution in [3.8, 4) is 11.3 Å². The minimum absolute atomic E-state index is 0.307. The standard InChI is InChI=1S/C12H8BrClO2/c1-7-10(14)4-3-9(13)12(7)11-5-2-8(6-15)16-11/h2-6H,1H3. The summed E-state index contributed by atoms with van der Waals surface area (Å²) >= 11 is 9.49. The lowest BCUT2D eigenvalue weighted by atomic mass is 10.1. The van der Waals surface area contributed by atoms with Gasteiger partial charge in [-0.1, -0.05) is 27.5 Å². The number of hydrogen-bond acceptors (Lipinski definition) is 2. The summed E-state index contributed by atoms with van der Waals surface area (Å²) in [4.78, 5) is 10.6. The Labute approximate surface area is 106 Å². The maximum Gasteiger partial charge on any atom is 0.185 e. The number of furan rings is 1. The van der Waals surface area contributed by atoms with Crippen LogP contribution in [-0.2, 0) is 0 Å². The average Bonchev–Trinajstić information content (AvgIpc) is 2.73. The molecule has 0 aliphatic carbocycles. The molecule has 0 saturated heterocycles. The number of aldehydes is 1. The third-order valence-electron chi connectivity index (χ3n) is 2.34. The first-order valence-corrected chi connectivity index (χ1v) is 5.80. The second kappa shape index (κ2) is 4.44. The monoisotopic (exact) mass is 298 g/mol. The second-order valence-corrected chi connectivity index (χ2v) is 4.61. The van der Waals surface area contributed by atoms with Crippen LogP contribution in [-0.4, -0.2) is 6.29 Å². The molecule has 82 valence electrons. The minimum Gasteiger partial charge on any atom is -0.453 e. The molecule has 0 N–H and O–H groups in total. The van der Waals surface area contributed by atoms with E-state index in [4.69, 9.17) is 16.0 Å². The van der Waals surface area contributed by atoms with Gasteiger partial charge in [-0.2, -0.15) is 0 Å². The van der Waals surface area contributed by atoms with E-state index in [2.05, 4.69) is 15.9 Å². The van der Waals surface area contributed by atoms with E-state index < -0.39 is 0 Å². The fraction of sp³-hybridized carbons (Fsp3) is 0.0833. The number of halogens is 2. The largest absolute Gasteiger partial charge is 0.453 e. The molecule has 2 nitrogen and oxygen atoms in total. The molecule has 4 heteroatoms. The van der Waals surface area contributed by atoms with E-state index in [0.29, 0.717) is 22.8 Å². The molecule has 0 bridgehead atoms. The van der Waals surface area contributed by atoms with E-state index in [1.165, 1.54) is 0 Å². The maximum atomic E-state index is 10.6. The van der Waals surface area contributed by atoms with Gasteiger partial charge in [0.25, 0.3) is 0 Å². The summed E-state index contributed by atoms with van der Waals surface area (Å²) in [5.74, 6) is 0.940. The van der Waals surface area contributed by atoms with Crippen molar-refractivity contribution in [1.29, 1.82) is 0 Å². The van der Waals surface area contributed by atoms with Gasteiger partial charge in [-0.05, 0) is 36.8 Å². The van der Waals surface area contributed by atoms with Crippen molar-refractivity contribution in [1.82, 2.24) is 0 Å². The molecule has 0 fully saturated rings. The zero-order valence-electron chi connectivity index (χ0n) is 8.46. The van der Waals surface area contributed by atoms with E-state index in [9.17, 15) is 4.79 Å². The first-order chi connectivity index (χ1) is 7.63. The number of hydrogen-bond donors (Lipinski definition) is 0. The summed E-state index contributed by atoms with van der Waals surface area (Å²) in [5, 5.41) is 0.669. The summed E-state index contributed by atoms with van der Waals surface area (Å²) in [7, 11) is 0. The predicted octanol–water partition coefficient (Wildman–Crippen LogP) is 4.48. The lowest BCUT2D eigenvalue weighted by Crippen LogP contribution is -1.84. The second-order valence-electron chi connectivity index (χ2n) is 3.35. The zero-order chi connectivity index (χ0) is 11.7. The molecule has 0 aliphatic heterocycles. The van der Waals surface area contributed by atoms with Crippen molar-refractivity contribution in [3.05, 3.63) is 45.1 Å². The van der Waals surface area contributed by atoms with Crippen LogP contribution in [0.5, 0.6) is 0 Å². The minimum atomic E-state index is 0.307. The molecule has 2 rings (SSSR count). The topological polar surface area (TPSA) is 30.2 Å². The summed E-state index contributed by atoms with van der Waals surface area (Å²) in [5.41, 5.74) is 1.79. The van der Waals surface area contributed by atoms with Gasteiger partial charge in [0.2, 0.25) is 0 Å². The van der Waals surface area contributed by atoms with Crippen molar-refractivity contribution in [3.63, 3.8) is 0 Å². The van der Waals surface area contributed by atoms with Crippen LogP contribution in [0, 0.1) is 6.92 Å². The number of benzene rings is 1. The van der Waals surface area contributed by atoms with Gasteiger partial charge in [-0.15, -0.1) is 0 Å². The van der Waals surface area contributed by atoms with Crippen molar-refractivity contribution in [2.45, 2.75) is 6.92 Å². The number of carbonyl (C=O) groups excluding carboxylic acids is 1. The van der Waals surface area contributed by atoms with E-state index in [0.717, 1.165) is 15.6 Å². The summed E-state index contributed by atoms with van der Waals surface area (Å²) in [6, 6.07) is 7.06. The van der Waals surface area contributed by atoms with E-state index in [-0.39, 0.29) is 0 Å². The van der Waals surface area contributed by atoms with Crippen LogP contribution < -0.4 is 0 Å². The molecule has 0 amide bonds. The van der Waals surface area contributed by atoms with Crippen molar-refractivity contribution < 1.29 is 9.21 Å². The van der Waals surface area contributed by atoms with Gasteiger partial charge < -0.3 is 4.42 Å². The van der Waals surface area contributed by atoms with Gasteiger partial charge in [0.15, 0.2) is 12.0 Å². The first kappa shape index (κ1) is 11.4. The maximum absolute atomic E-state index is 10.6. The highest BCUT2D eigenvalue weighted by atomic mass is 79.9. The molecule has 0 saturated carbocycles. The predicted molar refractivity (Wildman–Crippen MR) is 67.0 cm³/mol. The van der Waals surface area contributed by atoms with Crippen LogP contribution in [0.25, 0.3) is 11.3 Å². The third-order valence-corrected chi connectivity index (χ3v) is 3.41. The Bertz CT molecular complexity index is 546. The third kappa shape index (κ3) is 1.93. The van der Waals surface area contributed by atoms with Crippen LogP contribution in [0.2, 0.25) is 5.02 Å². The van der Waals surface area contributed by atoms with Crippen LogP contribution in [0.3, 0.4) is 0 Å². The molecule has 16 heavy (non-hydrogen) atoms. The van der Waals surface area contributed by atoms with Gasteiger partial charge in [-0.25, -0.2) is 0 Å². The molecular formula is C12H8BrClO2. The van der Waals surface area contributed by atoms with E-state index >= 15 is 0 Å². The Kier molecular flexibility index (Phi) is 3.17. The highest BCUT2D eigenvalue weighted by molar-refractivity contribution is 9.10. The average molecular weight is 300 g/mol. The van der Waals surface area contributed by atoms with Crippen molar-refractivity contribution >= 4 is 33.8 Å². The van der Waals surface area contributed by atoms with Gasteiger partial charge in [0.05, 0.1) is 0 Å². The number of carbonyl (C=O) groups is 1. The van der Waals surface area contributed by atoms with Crippen LogP contribution in [0.15, 0.2) is 33.2 Å². The lowest BCUT2D eigenvalue weighted by molar-refractivity contribution is 0.110. The normalized spacial score (nSPS) is 10.4. The molecule has 0 unspecified atom stereocenters. The Morgan fingerprint density at radius 1 is 1.31 bits per heavy atom. The quantitative estimate of drug-likeness (QED) is 0.765. The molecular weight excluding hydrogens is 291 g/mol. The Hall–Kier alpha value is -1.06. The van der Waals surface area contributed by atoms with E-state index in [1.807, 2.05) is 19.1 Å². The molecule has 0 spiro atoms. The fourth-order valence-corrected chi connectivity index (χ4v) is 2.29. The molecule has 1 heterocycles. The smallest absolute Gasteiger partial charge is 0.185 e. The number of rotatable bonds is 2. The van der Waals surface area contributed by atoms with Gasteiger partial charge in [0, 0.05) is 15.1 Å². The molecule has 0 atom stereocenters. The van der Waals surface area contributed by atoms with Crippen LogP contribution >= 0.6 is 27.5 Å². The Balaban J connectivity index is 2.63. The highest BCUT2D eigenvalue weighted by Gasteiger charge is 2.13. The summed E-state index contributed by atoms with van der Waals surface area (Å²) in [6.45, 7) is 1.91. The van der Waals surface area contributed by atoms with E-state index in [1.54, 1.807) is 12.1 Å². The summed E-state index contributed by atoms with van der Waals surface area (Å²) < 4.78 is 6.27. The SMILES string of the molecule is Cc1c(Cl)ccc(Br)c1-c1ccc(C=O)o1. The first-order valence-electron chi connectivity index (χ1n) is 4.63.